The molecule has 0 saturated heterocycles. The SMILES string of the molecule is [C-]#[N+]c1ccc(CNC(=O)C(CC2CCCCC2)Nc2cc(-n3cccc3)nc(NCc3cnccn3)n2)cc1. The molecule has 0 radical (unpaired) electrons. The van der Waals surface area contributed by atoms with Crippen molar-refractivity contribution in [2.24, 2.45) is 5.92 Å². The van der Waals surface area contributed by atoms with Gasteiger partial charge in [-0.1, -0.05) is 56.4 Å². The summed E-state index contributed by atoms with van der Waals surface area (Å²) in [4.78, 5) is 34.8. The highest BCUT2D eigenvalue weighted by Gasteiger charge is 2.25. The smallest absolute Gasteiger partial charge is 0.242 e. The molecule has 0 bridgehead atoms. The van der Waals surface area contributed by atoms with Gasteiger partial charge in [-0.2, -0.15) is 9.97 Å². The van der Waals surface area contributed by atoms with Crippen molar-refractivity contribution in [2.75, 3.05) is 10.6 Å². The van der Waals surface area contributed by atoms with Crippen molar-refractivity contribution >= 4 is 23.4 Å². The Morgan fingerprint density at radius 3 is 2.58 bits per heavy atom. The average Bonchev–Trinajstić information content (AvgIpc) is 3.55. The van der Waals surface area contributed by atoms with Crippen LogP contribution in [0.15, 0.2) is 73.4 Å². The predicted octanol–water partition coefficient (Wildman–Crippen LogP) is 5.29. The molecule has 1 aliphatic carbocycles. The zero-order valence-electron chi connectivity index (χ0n) is 22.3. The maximum atomic E-state index is 13.5. The molecule has 4 aromatic rings. The number of anilines is 2. The third kappa shape index (κ3) is 7.41. The van der Waals surface area contributed by atoms with Crippen LogP contribution in [0.5, 0.6) is 0 Å². The number of carbonyl (C=O) groups is 1. The molecule has 40 heavy (non-hydrogen) atoms. The molecule has 3 N–H and O–H groups in total. The van der Waals surface area contributed by atoms with E-state index in [1.807, 2.05) is 47.3 Å². The molecule has 3 aromatic heterocycles. The van der Waals surface area contributed by atoms with Gasteiger partial charge in [0.25, 0.3) is 0 Å². The molecule has 1 unspecified atom stereocenters. The van der Waals surface area contributed by atoms with Gasteiger partial charge >= 0.3 is 0 Å². The molecular formula is C30H33N9O. The van der Waals surface area contributed by atoms with Gasteiger partial charge < -0.3 is 20.5 Å². The van der Waals surface area contributed by atoms with Gasteiger partial charge in [-0.25, -0.2) is 4.85 Å². The Morgan fingerprint density at radius 2 is 1.85 bits per heavy atom. The summed E-state index contributed by atoms with van der Waals surface area (Å²) in [5.41, 5.74) is 2.30. The summed E-state index contributed by atoms with van der Waals surface area (Å²) in [5, 5.41) is 9.77. The summed E-state index contributed by atoms with van der Waals surface area (Å²) in [7, 11) is 0. The molecule has 0 aliphatic heterocycles. The van der Waals surface area contributed by atoms with Crippen LogP contribution in [0.1, 0.15) is 49.8 Å². The van der Waals surface area contributed by atoms with Gasteiger partial charge in [0.05, 0.1) is 25.0 Å². The fourth-order valence-electron chi connectivity index (χ4n) is 4.96. The summed E-state index contributed by atoms with van der Waals surface area (Å²) in [6.07, 6.45) is 15.5. The predicted molar refractivity (Wildman–Crippen MR) is 154 cm³/mol. The maximum Gasteiger partial charge on any atom is 0.242 e. The van der Waals surface area contributed by atoms with Crippen LogP contribution >= 0.6 is 0 Å². The number of rotatable bonds is 11. The first-order valence-corrected chi connectivity index (χ1v) is 13.7. The number of hydrogen-bond donors (Lipinski definition) is 3. The third-order valence-electron chi connectivity index (χ3n) is 7.09. The topological polar surface area (TPSA) is 114 Å². The molecule has 1 aromatic carbocycles. The number of benzene rings is 1. The van der Waals surface area contributed by atoms with Crippen LogP contribution < -0.4 is 16.0 Å². The van der Waals surface area contributed by atoms with Crippen molar-refractivity contribution in [3.63, 3.8) is 0 Å². The van der Waals surface area contributed by atoms with Crippen LogP contribution in [-0.4, -0.2) is 36.5 Å². The summed E-state index contributed by atoms with van der Waals surface area (Å²) < 4.78 is 1.91. The van der Waals surface area contributed by atoms with Gasteiger partial charge in [-0.15, -0.1) is 0 Å². The number of nitrogens with zero attached hydrogens (tertiary/aromatic N) is 6. The lowest BCUT2D eigenvalue weighted by Crippen LogP contribution is -2.41. The van der Waals surface area contributed by atoms with Crippen LogP contribution in [0.3, 0.4) is 0 Å². The van der Waals surface area contributed by atoms with E-state index in [4.69, 9.17) is 11.6 Å². The molecule has 10 nitrogen and oxygen atoms in total. The Bertz CT molecular complexity index is 1410. The molecule has 1 aliphatic rings. The van der Waals surface area contributed by atoms with E-state index in [2.05, 4.69) is 35.7 Å². The Labute approximate surface area is 234 Å². The van der Waals surface area contributed by atoms with Crippen molar-refractivity contribution < 1.29 is 4.79 Å². The quantitative estimate of drug-likeness (QED) is 0.224. The summed E-state index contributed by atoms with van der Waals surface area (Å²) >= 11 is 0. The van der Waals surface area contributed by atoms with Crippen molar-refractivity contribution in [2.45, 2.75) is 57.7 Å². The van der Waals surface area contributed by atoms with Crippen molar-refractivity contribution in [1.82, 2.24) is 29.8 Å². The normalized spacial score (nSPS) is 14.2. The third-order valence-corrected chi connectivity index (χ3v) is 7.09. The van der Waals surface area contributed by atoms with E-state index in [0.29, 0.717) is 42.3 Å². The average molecular weight is 536 g/mol. The molecular weight excluding hydrogens is 502 g/mol. The standard InChI is InChI=1S/C30H33N9O/c1-31-24-11-9-23(10-12-24)19-34-29(40)26(17-22-7-3-2-4-8-22)36-27-18-28(39-15-5-6-16-39)38-30(37-27)35-21-25-20-32-13-14-33-25/h5-6,9-16,18,20,22,26H,2-4,7-8,17,19,21H2,(H,34,40)(H2,35,36,37,38). The fourth-order valence-corrected chi connectivity index (χ4v) is 4.96. The van der Waals surface area contributed by atoms with Crippen LogP contribution in [-0.2, 0) is 17.9 Å². The second-order valence-corrected chi connectivity index (χ2v) is 10.0. The highest BCUT2D eigenvalue weighted by Crippen LogP contribution is 2.28. The van der Waals surface area contributed by atoms with Gasteiger partial charge in [0.15, 0.2) is 5.69 Å². The van der Waals surface area contributed by atoms with E-state index in [-0.39, 0.29) is 5.91 Å². The molecule has 5 rings (SSSR count). The number of aromatic nitrogens is 5. The second kappa shape index (κ2) is 13.3. The van der Waals surface area contributed by atoms with Crippen molar-refractivity contribution in [3.05, 3.63) is 96.1 Å². The van der Waals surface area contributed by atoms with Crippen LogP contribution in [0, 0.1) is 12.5 Å². The van der Waals surface area contributed by atoms with E-state index in [0.717, 1.165) is 30.5 Å². The lowest BCUT2D eigenvalue weighted by atomic mass is 9.84. The van der Waals surface area contributed by atoms with E-state index in [9.17, 15) is 4.79 Å². The molecule has 1 amide bonds. The highest BCUT2D eigenvalue weighted by atomic mass is 16.2. The maximum absolute atomic E-state index is 13.5. The van der Waals surface area contributed by atoms with Crippen LogP contribution in [0.2, 0.25) is 0 Å². The van der Waals surface area contributed by atoms with Crippen LogP contribution in [0.25, 0.3) is 10.7 Å². The molecule has 1 saturated carbocycles. The summed E-state index contributed by atoms with van der Waals surface area (Å²) in [6, 6.07) is 12.6. The highest BCUT2D eigenvalue weighted by molar-refractivity contribution is 5.84. The van der Waals surface area contributed by atoms with Crippen LogP contribution in [0.4, 0.5) is 17.5 Å². The van der Waals surface area contributed by atoms with Gasteiger partial charge in [0, 0.05) is 37.4 Å². The van der Waals surface area contributed by atoms with E-state index < -0.39 is 6.04 Å². The minimum Gasteiger partial charge on any atom is -0.358 e. The van der Waals surface area contributed by atoms with Gasteiger partial charge in [-0.3, -0.25) is 14.8 Å². The van der Waals surface area contributed by atoms with Gasteiger partial charge in [0.2, 0.25) is 11.9 Å². The van der Waals surface area contributed by atoms with Crippen molar-refractivity contribution in [1.29, 1.82) is 0 Å². The zero-order chi connectivity index (χ0) is 27.6. The lowest BCUT2D eigenvalue weighted by Gasteiger charge is -2.27. The first-order valence-electron chi connectivity index (χ1n) is 13.7. The Morgan fingerprint density at radius 1 is 1.05 bits per heavy atom. The summed E-state index contributed by atoms with van der Waals surface area (Å²) in [5.74, 6) is 2.08. The van der Waals surface area contributed by atoms with E-state index in [1.54, 1.807) is 30.7 Å². The Kier molecular flexibility index (Phi) is 8.94. The van der Waals surface area contributed by atoms with E-state index >= 15 is 0 Å². The monoisotopic (exact) mass is 535 g/mol. The van der Waals surface area contributed by atoms with Crippen molar-refractivity contribution in [3.8, 4) is 5.82 Å². The minimum absolute atomic E-state index is 0.0741. The number of amides is 1. The molecule has 10 heteroatoms. The molecule has 3 heterocycles. The largest absolute Gasteiger partial charge is 0.358 e. The molecule has 204 valence electrons. The van der Waals surface area contributed by atoms with Gasteiger partial charge in [-0.05, 0) is 30.0 Å². The first-order chi connectivity index (χ1) is 19.7. The summed E-state index contributed by atoms with van der Waals surface area (Å²) in [6.45, 7) is 7.95. The second-order valence-electron chi connectivity index (χ2n) is 10.0. The first kappa shape index (κ1) is 26.8. The number of nitrogens with one attached hydrogen (secondary N) is 3. The van der Waals surface area contributed by atoms with E-state index in [1.165, 1.54) is 19.3 Å². The Hall–Kier alpha value is -4.78. The Balaban J connectivity index is 1.35. The number of hydrogen-bond acceptors (Lipinski definition) is 7. The molecule has 0 spiro atoms. The lowest BCUT2D eigenvalue weighted by molar-refractivity contribution is -0.122. The number of carbonyl (C=O) groups excluding carboxylic acids is 1. The molecule has 1 atom stereocenters. The molecule has 1 fully saturated rings. The van der Waals surface area contributed by atoms with Gasteiger partial charge in [0.1, 0.15) is 17.7 Å². The fraction of sp³-hybridized carbons (Fsp3) is 0.333. The zero-order valence-corrected chi connectivity index (χ0v) is 22.3. The minimum atomic E-state index is -0.453.